The molecule has 0 saturated carbocycles. The molecule has 0 atom stereocenters. The molecule has 0 unspecified atom stereocenters. The van der Waals surface area contributed by atoms with Gasteiger partial charge in [0.1, 0.15) is 6.61 Å². The molecule has 0 fully saturated rings. The molecule has 0 spiro atoms. The number of Topliss-reactive ketones (excluding diaryl/α,β-unsaturated/α-hetero) is 2. The summed E-state index contributed by atoms with van der Waals surface area (Å²) in [5.41, 5.74) is 0. The van der Waals surface area contributed by atoms with Crippen LogP contribution in [-0.2, 0) is 28.5 Å². The third-order valence-corrected chi connectivity index (χ3v) is 1.92. The standard InChI is InChI=1S/C12H22O6/c1-5-16-12(11(4)14,17-6-2)18-8-7-15-9-10(3)13/h5-9H2,1-4H3. The summed E-state index contributed by atoms with van der Waals surface area (Å²) < 4.78 is 20.8. The van der Waals surface area contributed by atoms with Gasteiger partial charge < -0.3 is 18.9 Å². The zero-order chi connectivity index (χ0) is 14.0. The van der Waals surface area contributed by atoms with Crippen molar-refractivity contribution in [2.75, 3.05) is 33.0 Å². The van der Waals surface area contributed by atoms with E-state index in [1.165, 1.54) is 13.8 Å². The van der Waals surface area contributed by atoms with Gasteiger partial charge in [-0.1, -0.05) is 0 Å². The molecule has 0 aromatic heterocycles. The summed E-state index contributed by atoms with van der Waals surface area (Å²) in [6, 6.07) is 0. The molecule has 0 amide bonds. The van der Waals surface area contributed by atoms with E-state index in [1.807, 2.05) is 0 Å². The van der Waals surface area contributed by atoms with Crippen molar-refractivity contribution in [1.82, 2.24) is 0 Å². The van der Waals surface area contributed by atoms with E-state index >= 15 is 0 Å². The third-order valence-electron chi connectivity index (χ3n) is 1.92. The fraction of sp³-hybridized carbons (Fsp3) is 0.833. The Morgan fingerprint density at radius 2 is 1.50 bits per heavy atom. The molecule has 0 rings (SSSR count). The zero-order valence-electron chi connectivity index (χ0n) is 11.5. The SMILES string of the molecule is CCOC(OCC)(OCCOCC(C)=O)C(C)=O. The normalized spacial score (nSPS) is 11.6. The van der Waals surface area contributed by atoms with E-state index in [0.717, 1.165) is 0 Å². The average Bonchev–Trinajstić information content (AvgIpc) is 2.28. The Hall–Kier alpha value is -0.820. The van der Waals surface area contributed by atoms with Crippen LogP contribution in [0.5, 0.6) is 0 Å². The van der Waals surface area contributed by atoms with Crippen molar-refractivity contribution in [2.24, 2.45) is 0 Å². The summed E-state index contributed by atoms with van der Waals surface area (Å²) in [7, 11) is 0. The number of ether oxygens (including phenoxy) is 4. The van der Waals surface area contributed by atoms with Gasteiger partial charge in [0.05, 0.1) is 26.4 Å². The minimum atomic E-state index is -1.66. The maximum absolute atomic E-state index is 11.5. The number of hydrogen-bond donors (Lipinski definition) is 0. The van der Waals surface area contributed by atoms with Gasteiger partial charge in [-0.15, -0.1) is 0 Å². The quantitative estimate of drug-likeness (QED) is 0.407. The summed E-state index contributed by atoms with van der Waals surface area (Å²) in [5, 5.41) is 0. The van der Waals surface area contributed by atoms with Gasteiger partial charge in [0.15, 0.2) is 5.78 Å². The van der Waals surface area contributed by atoms with Crippen LogP contribution in [0.2, 0.25) is 0 Å². The number of carbonyl (C=O) groups is 2. The van der Waals surface area contributed by atoms with Crippen LogP contribution in [0.1, 0.15) is 27.7 Å². The molecule has 0 radical (unpaired) electrons. The van der Waals surface area contributed by atoms with Crippen LogP contribution in [0.25, 0.3) is 0 Å². The first-order valence-corrected chi connectivity index (χ1v) is 5.98. The molecule has 0 aromatic carbocycles. The summed E-state index contributed by atoms with van der Waals surface area (Å²) in [4.78, 5) is 22.2. The van der Waals surface area contributed by atoms with E-state index in [9.17, 15) is 9.59 Å². The summed E-state index contributed by atoms with van der Waals surface area (Å²) in [5.74, 6) is -2.09. The van der Waals surface area contributed by atoms with Gasteiger partial charge in [-0.2, -0.15) is 0 Å². The number of hydrogen-bond acceptors (Lipinski definition) is 6. The predicted molar refractivity (Wildman–Crippen MR) is 64.1 cm³/mol. The molecule has 18 heavy (non-hydrogen) atoms. The van der Waals surface area contributed by atoms with Crippen LogP contribution in [0.15, 0.2) is 0 Å². The average molecular weight is 262 g/mol. The van der Waals surface area contributed by atoms with Gasteiger partial charge in [-0.25, -0.2) is 0 Å². The number of rotatable bonds is 11. The van der Waals surface area contributed by atoms with Crippen molar-refractivity contribution in [3.8, 4) is 0 Å². The van der Waals surface area contributed by atoms with E-state index < -0.39 is 5.97 Å². The van der Waals surface area contributed by atoms with Crippen molar-refractivity contribution < 1.29 is 28.5 Å². The second-order valence-corrected chi connectivity index (χ2v) is 3.58. The molecular weight excluding hydrogens is 240 g/mol. The van der Waals surface area contributed by atoms with Gasteiger partial charge in [0.2, 0.25) is 5.78 Å². The largest absolute Gasteiger partial charge is 0.371 e. The molecule has 6 nitrogen and oxygen atoms in total. The minimum absolute atomic E-state index is 0.0275. The summed E-state index contributed by atoms with van der Waals surface area (Å²) in [6.07, 6.45) is 0. The number of ketones is 2. The lowest BCUT2D eigenvalue weighted by Crippen LogP contribution is -2.46. The van der Waals surface area contributed by atoms with Crippen molar-refractivity contribution >= 4 is 11.6 Å². The van der Waals surface area contributed by atoms with E-state index in [-0.39, 0.29) is 44.6 Å². The van der Waals surface area contributed by atoms with Gasteiger partial charge in [-0.05, 0) is 20.8 Å². The highest BCUT2D eigenvalue weighted by molar-refractivity contribution is 5.81. The number of carbonyl (C=O) groups excluding carboxylic acids is 2. The first-order chi connectivity index (χ1) is 8.48. The van der Waals surface area contributed by atoms with Gasteiger partial charge >= 0.3 is 5.97 Å². The highest BCUT2D eigenvalue weighted by atomic mass is 16.9. The van der Waals surface area contributed by atoms with Gasteiger partial charge in [0, 0.05) is 6.92 Å². The lowest BCUT2D eigenvalue weighted by Gasteiger charge is -2.29. The van der Waals surface area contributed by atoms with Gasteiger partial charge in [0.25, 0.3) is 0 Å². The molecule has 0 aromatic rings. The van der Waals surface area contributed by atoms with Crippen LogP contribution >= 0.6 is 0 Å². The molecule has 0 bridgehead atoms. The summed E-state index contributed by atoms with van der Waals surface area (Å²) in [6.45, 7) is 7.14. The zero-order valence-corrected chi connectivity index (χ0v) is 11.5. The van der Waals surface area contributed by atoms with Crippen LogP contribution < -0.4 is 0 Å². The molecule has 0 aliphatic heterocycles. The molecule has 106 valence electrons. The smallest absolute Gasteiger partial charge is 0.346 e. The Balaban J connectivity index is 4.22. The second-order valence-electron chi connectivity index (χ2n) is 3.58. The fourth-order valence-electron chi connectivity index (χ4n) is 1.26. The van der Waals surface area contributed by atoms with Crippen LogP contribution in [0.4, 0.5) is 0 Å². The highest BCUT2D eigenvalue weighted by Gasteiger charge is 2.38. The second kappa shape index (κ2) is 9.16. The summed E-state index contributed by atoms with van der Waals surface area (Å²) >= 11 is 0. The highest BCUT2D eigenvalue weighted by Crippen LogP contribution is 2.17. The Bertz CT molecular complexity index is 257. The topological polar surface area (TPSA) is 71.1 Å². The van der Waals surface area contributed by atoms with E-state index in [4.69, 9.17) is 18.9 Å². The van der Waals surface area contributed by atoms with Crippen molar-refractivity contribution in [1.29, 1.82) is 0 Å². The first-order valence-electron chi connectivity index (χ1n) is 5.98. The van der Waals surface area contributed by atoms with E-state index in [2.05, 4.69) is 0 Å². The maximum atomic E-state index is 11.5. The van der Waals surface area contributed by atoms with Crippen LogP contribution in [0.3, 0.4) is 0 Å². The van der Waals surface area contributed by atoms with Crippen LogP contribution in [-0.4, -0.2) is 50.6 Å². The fourth-order valence-corrected chi connectivity index (χ4v) is 1.26. The molecule has 0 saturated heterocycles. The first kappa shape index (κ1) is 17.2. The molecule has 0 aliphatic carbocycles. The van der Waals surface area contributed by atoms with Crippen LogP contribution in [0, 0.1) is 0 Å². The van der Waals surface area contributed by atoms with Gasteiger partial charge in [-0.3, -0.25) is 9.59 Å². The molecule has 0 N–H and O–H groups in total. The van der Waals surface area contributed by atoms with E-state index in [0.29, 0.717) is 0 Å². The Morgan fingerprint density at radius 1 is 0.944 bits per heavy atom. The maximum Gasteiger partial charge on any atom is 0.346 e. The molecule has 6 heteroatoms. The Kier molecular flexibility index (Phi) is 8.74. The van der Waals surface area contributed by atoms with Crippen molar-refractivity contribution in [3.63, 3.8) is 0 Å². The predicted octanol–water partition coefficient (Wildman–Crippen LogP) is 0.924. The third kappa shape index (κ3) is 6.20. The minimum Gasteiger partial charge on any atom is -0.371 e. The molecule has 0 aliphatic rings. The molecular formula is C12H22O6. The molecule has 0 heterocycles. The lowest BCUT2D eigenvalue weighted by atomic mass is 10.3. The Morgan fingerprint density at radius 3 is 1.89 bits per heavy atom. The van der Waals surface area contributed by atoms with Crippen molar-refractivity contribution in [3.05, 3.63) is 0 Å². The Labute approximate surface area is 108 Å². The van der Waals surface area contributed by atoms with E-state index in [1.54, 1.807) is 13.8 Å². The lowest BCUT2D eigenvalue weighted by molar-refractivity contribution is -0.351. The van der Waals surface area contributed by atoms with Crippen molar-refractivity contribution in [2.45, 2.75) is 33.7 Å². The monoisotopic (exact) mass is 262 g/mol.